The molecular weight excluding hydrogens is 426 g/mol. The molecule has 164 valence electrons. The number of benzene rings is 1. The number of carbonyl (C=O) groups excluding carboxylic acids is 1. The van der Waals surface area contributed by atoms with Crippen LogP contribution in [0.4, 0.5) is 0 Å². The van der Waals surface area contributed by atoms with E-state index < -0.39 is 21.3 Å². The number of methoxy groups -OCH3 is 3. The molecule has 1 aliphatic rings. The van der Waals surface area contributed by atoms with Gasteiger partial charge in [0.25, 0.3) is 0 Å². The molecule has 3 rings (SSSR count). The first kappa shape index (κ1) is 22.6. The van der Waals surface area contributed by atoms with Gasteiger partial charge in [-0.1, -0.05) is 6.07 Å². The van der Waals surface area contributed by atoms with E-state index in [1.54, 1.807) is 23.5 Å². The highest BCUT2D eigenvalue weighted by atomic mass is 32.2. The number of rotatable bonds is 9. The Balaban J connectivity index is 1.89. The third-order valence-corrected chi connectivity index (χ3v) is 7.60. The number of thiophene rings is 1. The van der Waals surface area contributed by atoms with Gasteiger partial charge in [-0.05, 0) is 36.4 Å². The number of ether oxygens (including phenoxy) is 3. The molecule has 1 aromatic heterocycles. The van der Waals surface area contributed by atoms with Crippen molar-refractivity contribution in [2.24, 2.45) is 0 Å². The summed E-state index contributed by atoms with van der Waals surface area (Å²) in [6.07, 6.45) is 2.24. The lowest BCUT2D eigenvalue weighted by Crippen LogP contribution is -2.31. The first-order valence-electron chi connectivity index (χ1n) is 9.52. The summed E-state index contributed by atoms with van der Waals surface area (Å²) in [6, 6.07) is 6.83. The molecule has 0 amide bonds. The molecule has 30 heavy (non-hydrogen) atoms. The molecule has 2 aromatic rings. The summed E-state index contributed by atoms with van der Waals surface area (Å²) in [5, 5.41) is 5.30. The number of Topliss-reactive ketones (excluding diaryl/α,β-unsaturated/α-hetero) is 1. The highest BCUT2D eigenvalue weighted by Crippen LogP contribution is 2.42. The summed E-state index contributed by atoms with van der Waals surface area (Å²) in [5.41, 5.74) is 0.0604. The standard InChI is InChI=1S/C21H27NO6S2/c1-26-16-10-14(11-17(27-2)20(16)28-3)19(23)15-12-21(13-22-15,7-9-30(4,24)25)18-6-5-8-29-18/h5-6,8,10-11,15,22H,7,9,12-13H2,1-4H3. The summed E-state index contributed by atoms with van der Waals surface area (Å²) >= 11 is 1.59. The van der Waals surface area contributed by atoms with E-state index in [2.05, 4.69) is 5.32 Å². The van der Waals surface area contributed by atoms with Crippen LogP contribution in [0.2, 0.25) is 0 Å². The molecule has 1 N–H and O–H groups in total. The van der Waals surface area contributed by atoms with Crippen LogP contribution in [-0.4, -0.2) is 60.1 Å². The van der Waals surface area contributed by atoms with E-state index in [1.165, 1.54) is 27.6 Å². The predicted octanol–water partition coefficient (Wildman–Crippen LogP) is 2.69. The van der Waals surface area contributed by atoms with Gasteiger partial charge in [0.05, 0.1) is 33.1 Å². The topological polar surface area (TPSA) is 90.9 Å². The van der Waals surface area contributed by atoms with Gasteiger partial charge in [-0.25, -0.2) is 8.42 Å². The average molecular weight is 454 g/mol. The van der Waals surface area contributed by atoms with Crippen LogP contribution in [0.25, 0.3) is 0 Å². The van der Waals surface area contributed by atoms with Gasteiger partial charge in [0.2, 0.25) is 5.75 Å². The zero-order valence-electron chi connectivity index (χ0n) is 17.6. The zero-order chi connectivity index (χ0) is 21.9. The Morgan fingerprint density at radius 3 is 2.37 bits per heavy atom. The molecule has 0 saturated carbocycles. The van der Waals surface area contributed by atoms with Gasteiger partial charge in [-0.3, -0.25) is 4.79 Å². The second-order valence-corrected chi connectivity index (χ2v) is 10.8. The summed E-state index contributed by atoms with van der Waals surface area (Å²) in [5.74, 6) is 1.25. The van der Waals surface area contributed by atoms with E-state index in [4.69, 9.17) is 14.2 Å². The van der Waals surface area contributed by atoms with Gasteiger partial charge >= 0.3 is 0 Å². The number of carbonyl (C=O) groups is 1. The smallest absolute Gasteiger partial charge is 0.203 e. The molecule has 0 radical (unpaired) electrons. The zero-order valence-corrected chi connectivity index (χ0v) is 19.2. The van der Waals surface area contributed by atoms with E-state index in [-0.39, 0.29) is 11.5 Å². The van der Waals surface area contributed by atoms with Crippen molar-refractivity contribution in [3.63, 3.8) is 0 Å². The second-order valence-electron chi connectivity index (χ2n) is 7.55. The van der Waals surface area contributed by atoms with Crippen molar-refractivity contribution in [1.29, 1.82) is 0 Å². The van der Waals surface area contributed by atoms with Crippen molar-refractivity contribution in [3.8, 4) is 17.2 Å². The minimum absolute atomic E-state index is 0.0810. The maximum absolute atomic E-state index is 13.3. The van der Waals surface area contributed by atoms with Crippen LogP contribution in [0.5, 0.6) is 17.2 Å². The molecule has 2 heterocycles. The van der Waals surface area contributed by atoms with Gasteiger partial charge < -0.3 is 19.5 Å². The summed E-state index contributed by atoms with van der Waals surface area (Å²) in [6.45, 7) is 0.546. The minimum atomic E-state index is -3.11. The van der Waals surface area contributed by atoms with Gasteiger partial charge in [0, 0.05) is 28.7 Å². The SMILES string of the molecule is COc1cc(C(=O)C2CC(CCS(C)(=O)=O)(c3cccs3)CN2)cc(OC)c1OC. The third-order valence-electron chi connectivity index (χ3n) is 5.54. The molecule has 1 aliphatic heterocycles. The van der Waals surface area contributed by atoms with E-state index >= 15 is 0 Å². The Morgan fingerprint density at radius 1 is 1.20 bits per heavy atom. The molecule has 1 fully saturated rings. The molecule has 2 atom stereocenters. The van der Waals surface area contributed by atoms with Crippen LogP contribution in [0.15, 0.2) is 29.6 Å². The van der Waals surface area contributed by atoms with Crippen molar-refractivity contribution in [2.75, 3.05) is 39.9 Å². The summed E-state index contributed by atoms with van der Waals surface area (Å²) < 4.78 is 39.7. The molecule has 9 heteroatoms. The fourth-order valence-electron chi connectivity index (χ4n) is 3.93. The number of nitrogens with one attached hydrogen (secondary N) is 1. The Bertz CT molecular complexity index is 978. The summed E-state index contributed by atoms with van der Waals surface area (Å²) in [4.78, 5) is 14.4. The van der Waals surface area contributed by atoms with E-state index in [0.29, 0.717) is 42.2 Å². The third kappa shape index (κ3) is 4.63. The maximum Gasteiger partial charge on any atom is 0.203 e. The van der Waals surface area contributed by atoms with Crippen LogP contribution in [0, 0.1) is 0 Å². The van der Waals surface area contributed by atoms with E-state index in [0.717, 1.165) is 4.88 Å². The highest BCUT2D eigenvalue weighted by Gasteiger charge is 2.44. The van der Waals surface area contributed by atoms with Crippen molar-refractivity contribution >= 4 is 27.0 Å². The predicted molar refractivity (Wildman–Crippen MR) is 117 cm³/mol. The average Bonchev–Trinajstić information content (AvgIpc) is 3.41. The minimum Gasteiger partial charge on any atom is -0.493 e. The fraction of sp³-hybridized carbons (Fsp3) is 0.476. The lowest BCUT2D eigenvalue weighted by atomic mass is 9.80. The molecule has 7 nitrogen and oxygen atoms in total. The highest BCUT2D eigenvalue weighted by molar-refractivity contribution is 7.90. The van der Waals surface area contributed by atoms with Crippen molar-refractivity contribution in [1.82, 2.24) is 5.32 Å². The number of sulfone groups is 1. The Hall–Kier alpha value is -2.10. The van der Waals surface area contributed by atoms with E-state index in [1.807, 2.05) is 17.5 Å². The van der Waals surface area contributed by atoms with Gasteiger partial charge in [0.1, 0.15) is 9.84 Å². The van der Waals surface area contributed by atoms with Crippen molar-refractivity contribution in [2.45, 2.75) is 24.3 Å². The van der Waals surface area contributed by atoms with Crippen molar-refractivity contribution in [3.05, 3.63) is 40.1 Å². The van der Waals surface area contributed by atoms with Crippen LogP contribution >= 0.6 is 11.3 Å². The van der Waals surface area contributed by atoms with Crippen LogP contribution in [0.3, 0.4) is 0 Å². The van der Waals surface area contributed by atoms with Crippen LogP contribution in [-0.2, 0) is 15.3 Å². The lowest BCUT2D eigenvalue weighted by Gasteiger charge is -2.27. The maximum atomic E-state index is 13.3. The lowest BCUT2D eigenvalue weighted by molar-refractivity contribution is 0.0948. The number of hydrogen-bond donors (Lipinski definition) is 1. The molecule has 0 aliphatic carbocycles. The summed E-state index contributed by atoms with van der Waals surface area (Å²) in [7, 11) is 1.41. The largest absolute Gasteiger partial charge is 0.493 e. The molecular formula is C21H27NO6S2. The molecule has 1 aromatic carbocycles. The van der Waals surface area contributed by atoms with E-state index in [9.17, 15) is 13.2 Å². The van der Waals surface area contributed by atoms with Crippen molar-refractivity contribution < 1.29 is 27.4 Å². The quantitative estimate of drug-likeness (QED) is 0.584. The molecule has 0 bridgehead atoms. The first-order valence-corrected chi connectivity index (χ1v) is 12.5. The number of ketones is 1. The number of hydrogen-bond acceptors (Lipinski definition) is 8. The van der Waals surface area contributed by atoms with Crippen LogP contribution in [0.1, 0.15) is 28.1 Å². The Labute approximate surface area is 181 Å². The normalized spacial score (nSPS) is 21.4. The fourth-order valence-corrected chi connectivity index (χ4v) is 5.66. The second kappa shape index (κ2) is 8.95. The molecule has 1 saturated heterocycles. The molecule has 0 spiro atoms. The molecule has 2 unspecified atom stereocenters. The van der Waals surface area contributed by atoms with Crippen LogP contribution < -0.4 is 19.5 Å². The first-order chi connectivity index (χ1) is 14.2. The van der Waals surface area contributed by atoms with Gasteiger partial charge in [-0.2, -0.15) is 0 Å². The van der Waals surface area contributed by atoms with Gasteiger partial charge in [-0.15, -0.1) is 11.3 Å². The monoisotopic (exact) mass is 453 g/mol. The Kier molecular flexibility index (Phi) is 6.74. The van der Waals surface area contributed by atoms with Gasteiger partial charge in [0.15, 0.2) is 17.3 Å². The Morgan fingerprint density at radius 2 is 1.87 bits per heavy atom.